The molecule has 2 aromatic rings. The van der Waals surface area contributed by atoms with Gasteiger partial charge in [-0.25, -0.2) is 0 Å². The molecule has 0 unspecified atom stereocenters. The molecule has 0 radical (unpaired) electrons. The molecule has 7 nitrogen and oxygen atoms in total. The molecule has 106 valence electrons. The van der Waals surface area contributed by atoms with E-state index in [-0.39, 0.29) is 11.4 Å². The Morgan fingerprint density at radius 1 is 1.50 bits per heavy atom. The Labute approximate surface area is 116 Å². The number of nitrogens with zero attached hydrogens (tertiary/aromatic N) is 3. The van der Waals surface area contributed by atoms with Crippen molar-refractivity contribution in [2.75, 3.05) is 18.5 Å². The maximum Gasteiger partial charge on any atom is 0.311 e. The molecule has 0 aliphatic carbocycles. The molecule has 1 N–H and O–H groups in total. The summed E-state index contributed by atoms with van der Waals surface area (Å²) in [6, 6.07) is 6.62. The third-order valence-electron chi connectivity index (χ3n) is 2.69. The minimum atomic E-state index is -0.446. The Hall–Kier alpha value is -2.57. The zero-order chi connectivity index (χ0) is 14.4. The summed E-state index contributed by atoms with van der Waals surface area (Å²) in [5, 5.41) is 18.1. The Kier molecular flexibility index (Phi) is 4.54. The molecular formula is C13H16N4O3. The van der Waals surface area contributed by atoms with E-state index in [4.69, 9.17) is 4.74 Å². The highest BCUT2D eigenvalue weighted by atomic mass is 16.6. The van der Waals surface area contributed by atoms with Gasteiger partial charge in [-0.05, 0) is 19.1 Å². The van der Waals surface area contributed by atoms with Gasteiger partial charge < -0.3 is 10.1 Å². The molecule has 1 aromatic carbocycles. The smallest absolute Gasteiger partial charge is 0.311 e. The Morgan fingerprint density at radius 3 is 3.00 bits per heavy atom. The van der Waals surface area contributed by atoms with Crippen LogP contribution in [0.3, 0.4) is 0 Å². The molecule has 0 saturated carbocycles. The Bertz CT molecular complexity index is 569. The number of hydrogen-bond acceptors (Lipinski definition) is 5. The largest absolute Gasteiger partial charge is 0.487 e. The number of aromatic nitrogens is 2. The molecule has 0 aliphatic heterocycles. The summed E-state index contributed by atoms with van der Waals surface area (Å²) in [4.78, 5) is 10.4. The first-order valence-corrected chi connectivity index (χ1v) is 6.33. The second-order valence-electron chi connectivity index (χ2n) is 4.07. The highest BCUT2D eigenvalue weighted by Gasteiger charge is 2.15. The molecule has 0 atom stereocenters. The third-order valence-corrected chi connectivity index (χ3v) is 2.69. The van der Waals surface area contributed by atoms with Crippen molar-refractivity contribution in [1.82, 2.24) is 9.78 Å². The van der Waals surface area contributed by atoms with Gasteiger partial charge in [0.2, 0.25) is 0 Å². The van der Waals surface area contributed by atoms with Crippen LogP contribution in [0.15, 0.2) is 36.7 Å². The van der Waals surface area contributed by atoms with Crippen molar-refractivity contribution in [2.45, 2.75) is 13.5 Å². The maximum atomic E-state index is 10.9. The van der Waals surface area contributed by atoms with Gasteiger partial charge in [0.25, 0.3) is 0 Å². The van der Waals surface area contributed by atoms with Crippen molar-refractivity contribution >= 4 is 11.4 Å². The second kappa shape index (κ2) is 6.55. The lowest BCUT2D eigenvalue weighted by Crippen LogP contribution is -2.11. The number of nitrogens with one attached hydrogen (secondary N) is 1. The number of nitro benzene ring substituents is 1. The lowest BCUT2D eigenvalue weighted by atomic mass is 10.2. The van der Waals surface area contributed by atoms with Crippen molar-refractivity contribution in [3.05, 3.63) is 46.8 Å². The van der Waals surface area contributed by atoms with Crippen molar-refractivity contribution in [1.29, 1.82) is 0 Å². The number of ether oxygens (including phenoxy) is 1. The first-order valence-electron chi connectivity index (χ1n) is 6.33. The minimum absolute atomic E-state index is 0.0236. The van der Waals surface area contributed by atoms with Crippen LogP contribution in [-0.2, 0) is 6.54 Å². The molecule has 0 spiro atoms. The van der Waals surface area contributed by atoms with Gasteiger partial charge in [-0.1, -0.05) is 0 Å². The maximum absolute atomic E-state index is 10.9. The summed E-state index contributed by atoms with van der Waals surface area (Å²) in [5.41, 5.74) is 0.760. The van der Waals surface area contributed by atoms with Crippen LogP contribution < -0.4 is 10.1 Å². The number of rotatable bonds is 7. The summed E-state index contributed by atoms with van der Waals surface area (Å²) in [6.45, 7) is 3.57. The monoisotopic (exact) mass is 276 g/mol. The van der Waals surface area contributed by atoms with E-state index < -0.39 is 4.92 Å². The average molecular weight is 276 g/mol. The first-order chi connectivity index (χ1) is 9.70. The standard InChI is InChI=1S/C13H16N4O3/c1-2-20-13-10-11(4-5-12(13)17(18)19)14-7-9-16-8-3-6-15-16/h3-6,8,10,14H,2,7,9H2,1H3. The predicted octanol–water partition coefficient (Wildman–Crippen LogP) is 2.30. The minimum Gasteiger partial charge on any atom is -0.487 e. The number of benzene rings is 1. The van der Waals surface area contributed by atoms with Crippen molar-refractivity contribution in [2.24, 2.45) is 0 Å². The number of nitro groups is 1. The van der Waals surface area contributed by atoms with Gasteiger partial charge in [-0.3, -0.25) is 14.8 Å². The molecule has 1 aromatic heterocycles. The van der Waals surface area contributed by atoms with Gasteiger partial charge in [0, 0.05) is 36.8 Å². The van der Waals surface area contributed by atoms with Gasteiger partial charge >= 0.3 is 5.69 Å². The summed E-state index contributed by atoms with van der Waals surface area (Å²) in [6.07, 6.45) is 3.60. The molecule has 0 fully saturated rings. The number of anilines is 1. The van der Waals surface area contributed by atoms with E-state index in [0.717, 1.165) is 5.69 Å². The fourth-order valence-corrected chi connectivity index (χ4v) is 1.79. The van der Waals surface area contributed by atoms with E-state index in [1.165, 1.54) is 6.07 Å². The normalized spacial score (nSPS) is 10.2. The van der Waals surface area contributed by atoms with Crippen molar-refractivity contribution in [3.8, 4) is 5.75 Å². The van der Waals surface area contributed by atoms with Crippen LogP contribution in [0.2, 0.25) is 0 Å². The topological polar surface area (TPSA) is 82.2 Å². The average Bonchev–Trinajstić information content (AvgIpc) is 2.92. The first kappa shape index (κ1) is 13.9. The molecule has 7 heteroatoms. The number of hydrogen-bond donors (Lipinski definition) is 1. The molecule has 2 rings (SSSR count). The Morgan fingerprint density at radius 2 is 2.35 bits per heavy atom. The molecule has 0 saturated heterocycles. The Balaban J connectivity index is 2.01. The van der Waals surface area contributed by atoms with E-state index in [1.807, 2.05) is 16.9 Å². The van der Waals surface area contributed by atoms with E-state index in [9.17, 15) is 10.1 Å². The van der Waals surface area contributed by atoms with E-state index in [1.54, 1.807) is 25.3 Å². The quantitative estimate of drug-likeness (QED) is 0.619. The van der Waals surface area contributed by atoms with E-state index in [2.05, 4.69) is 10.4 Å². The van der Waals surface area contributed by atoms with Crippen LogP contribution >= 0.6 is 0 Å². The van der Waals surface area contributed by atoms with Crippen LogP contribution in [0, 0.1) is 10.1 Å². The van der Waals surface area contributed by atoms with E-state index >= 15 is 0 Å². The molecule has 20 heavy (non-hydrogen) atoms. The van der Waals surface area contributed by atoms with Crippen LogP contribution in [0.25, 0.3) is 0 Å². The van der Waals surface area contributed by atoms with Crippen molar-refractivity contribution < 1.29 is 9.66 Å². The molecule has 0 amide bonds. The lowest BCUT2D eigenvalue weighted by Gasteiger charge is -2.09. The van der Waals surface area contributed by atoms with Gasteiger partial charge in [-0.15, -0.1) is 0 Å². The van der Waals surface area contributed by atoms with Crippen LogP contribution in [0.5, 0.6) is 5.75 Å². The fourth-order valence-electron chi connectivity index (χ4n) is 1.79. The molecule has 0 aliphatic rings. The van der Waals surface area contributed by atoms with Crippen LogP contribution in [-0.4, -0.2) is 27.9 Å². The predicted molar refractivity (Wildman–Crippen MR) is 75.0 cm³/mol. The highest BCUT2D eigenvalue weighted by Crippen LogP contribution is 2.29. The summed E-state index contributed by atoms with van der Waals surface area (Å²) in [7, 11) is 0. The van der Waals surface area contributed by atoms with Gasteiger partial charge in [0.1, 0.15) is 0 Å². The summed E-state index contributed by atoms with van der Waals surface area (Å²) in [5.74, 6) is 0.279. The molecule has 1 heterocycles. The van der Waals surface area contributed by atoms with Gasteiger partial charge in [0.15, 0.2) is 5.75 Å². The zero-order valence-corrected chi connectivity index (χ0v) is 11.2. The summed E-state index contributed by atoms with van der Waals surface area (Å²) < 4.78 is 7.10. The van der Waals surface area contributed by atoms with Gasteiger partial charge in [-0.2, -0.15) is 5.10 Å². The summed E-state index contributed by atoms with van der Waals surface area (Å²) >= 11 is 0. The SMILES string of the molecule is CCOc1cc(NCCn2cccn2)ccc1[N+](=O)[O-]. The fraction of sp³-hybridized carbons (Fsp3) is 0.308. The molecular weight excluding hydrogens is 260 g/mol. The zero-order valence-electron chi connectivity index (χ0n) is 11.2. The lowest BCUT2D eigenvalue weighted by molar-refractivity contribution is -0.385. The van der Waals surface area contributed by atoms with Crippen molar-refractivity contribution in [3.63, 3.8) is 0 Å². The van der Waals surface area contributed by atoms with E-state index in [0.29, 0.717) is 19.7 Å². The second-order valence-corrected chi connectivity index (χ2v) is 4.07. The highest BCUT2D eigenvalue weighted by molar-refractivity contribution is 5.57. The van der Waals surface area contributed by atoms with Gasteiger partial charge in [0.05, 0.1) is 18.1 Å². The third kappa shape index (κ3) is 3.47. The van der Waals surface area contributed by atoms with Crippen LogP contribution in [0.1, 0.15) is 6.92 Å². The van der Waals surface area contributed by atoms with Crippen LogP contribution in [0.4, 0.5) is 11.4 Å². The molecule has 0 bridgehead atoms.